The molecule has 8 nitrogen and oxygen atoms in total. The number of hydrogen-bond donors (Lipinski definition) is 2. The number of aliphatic hydroxyl groups is 1. The number of pyridine rings is 1. The number of carboxylic acids is 1. The zero-order chi connectivity index (χ0) is 28.7. The fourth-order valence-electron chi connectivity index (χ4n) is 5.55. The lowest BCUT2D eigenvalue weighted by atomic mass is 9.85. The van der Waals surface area contributed by atoms with Crippen LogP contribution in [-0.2, 0) is 12.2 Å². The molecule has 1 aliphatic heterocycles. The van der Waals surface area contributed by atoms with E-state index in [4.69, 9.17) is 32.5 Å². The topological polar surface area (TPSA) is 109 Å². The number of piperidine rings is 1. The summed E-state index contributed by atoms with van der Waals surface area (Å²) in [6, 6.07) is 14.0. The number of rotatable bonds is 8. The zero-order valence-electron chi connectivity index (χ0n) is 22.4. The van der Waals surface area contributed by atoms with Crippen LogP contribution in [0.4, 0.5) is 5.82 Å². The van der Waals surface area contributed by atoms with E-state index in [1.807, 2.05) is 30.0 Å². The van der Waals surface area contributed by atoms with Crippen LogP contribution in [0.1, 0.15) is 64.4 Å². The van der Waals surface area contributed by atoms with Crippen molar-refractivity contribution in [2.75, 3.05) is 18.0 Å². The SMILES string of the molecule is Cc1cccc(Cl)c1-c1noc(C2CC2)c1COc1ccc(C2(O)CCCN(c3cc(C(=O)O)ccn3)C2)c(Cl)c1. The number of ether oxygens (including phenoxy) is 1. The number of anilines is 1. The van der Waals surface area contributed by atoms with E-state index < -0.39 is 11.6 Å². The number of halogens is 2. The van der Waals surface area contributed by atoms with Crippen LogP contribution in [0.5, 0.6) is 5.75 Å². The molecule has 3 heterocycles. The molecule has 2 aromatic heterocycles. The van der Waals surface area contributed by atoms with Gasteiger partial charge in [0, 0.05) is 29.8 Å². The molecule has 1 aliphatic carbocycles. The minimum absolute atomic E-state index is 0.147. The van der Waals surface area contributed by atoms with Gasteiger partial charge in [-0.1, -0.05) is 46.6 Å². The summed E-state index contributed by atoms with van der Waals surface area (Å²) in [6.45, 7) is 3.10. The Bertz CT molecular complexity index is 1600. The molecule has 0 bridgehead atoms. The molecular weight excluding hydrogens is 565 g/mol. The van der Waals surface area contributed by atoms with Gasteiger partial charge >= 0.3 is 5.97 Å². The first-order valence-corrected chi connectivity index (χ1v) is 14.3. The number of aromatic nitrogens is 2. The van der Waals surface area contributed by atoms with E-state index >= 15 is 0 Å². The summed E-state index contributed by atoms with van der Waals surface area (Å²) in [5.74, 6) is 1.20. The molecule has 10 heteroatoms. The van der Waals surface area contributed by atoms with Crippen molar-refractivity contribution in [3.63, 3.8) is 0 Å². The Labute approximate surface area is 247 Å². The van der Waals surface area contributed by atoms with E-state index in [9.17, 15) is 15.0 Å². The van der Waals surface area contributed by atoms with Gasteiger partial charge in [-0.15, -0.1) is 0 Å². The molecule has 2 aromatic carbocycles. The predicted molar refractivity (Wildman–Crippen MR) is 156 cm³/mol. The summed E-state index contributed by atoms with van der Waals surface area (Å²) in [7, 11) is 0. The summed E-state index contributed by atoms with van der Waals surface area (Å²) in [4.78, 5) is 17.6. The summed E-state index contributed by atoms with van der Waals surface area (Å²) in [6.07, 6.45) is 4.76. The van der Waals surface area contributed by atoms with Crippen molar-refractivity contribution < 1.29 is 24.3 Å². The molecule has 2 fully saturated rings. The smallest absolute Gasteiger partial charge is 0.335 e. The fourth-order valence-corrected chi connectivity index (χ4v) is 6.21. The largest absolute Gasteiger partial charge is 0.489 e. The quantitative estimate of drug-likeness (QED) is 0.225. The standard InChI is InChI=1S/C31H29Cl2N3O5/c1-18-4-2-5-24(32)27(18)28-22(29(41-35-28)19-6-7-19)16-40-21-8-9-23(25(33)15-21)31(39)11-3-13-36(17-31)26-14-20(30(37)38)10-12-34-26/h2,4-5,8-10,12,14-15,19,39H,3,6-7,11,13,16-17H2,1H3,(H,37,38). The lowest BCUT2D eigenvalue weighted by molar-refractivity contribution is 0.0218. The predicted octanol–water partition coefficient (Wildman–Crippen LogP) is 6.99. The number of β-amino-alcohol motifs (C(OH)–C–C–N with tert-alkyl or cyclic N) is 1. The average molecular weight is 594 g/mol. The van der Waals surface area contributed by atoms with Gasteiger partial charge in [0.2, 0.25) is 0 Å². The third-order valence-electron chi connectivity index (χ3n) is 7.84. The van der Waals surface area contributed by atoms with Gasteiger partial charge in [0.05, 0.1) is 27.7 Å². The van der Waals surface area contributed by atoms with Gasteiger partial charge in [-0.25, -0.2) is 9.78 Å². The average Bonchev–Trinajstić information content (AvgIpc) is 3.72. The van der Waals surface area contributed by atoms with Crippen LogP contribution in [0.15, 0.2) is 59.3 Å². The molecule has 2 N–H and O–H groups in total. The molecule has 6 rings (SSSR count). The Morgan fingerprint density at radius 1 is 1.17 bits per heavy atom. The molecular formula is C31H29Cl2N3O5. The van der Waals surface area contributed by atoms with Gasteiger partial charge < -0.3 is 24.4 Å². The number of hydrogen-bond acceptors (Lipinski definition) is 7. The van der Waals surface area contributed by atoms with Crippen LogP contribution in [0.3, 0.4) is 0 Å². The first kappa shape index (κ1) is 27.6. The van der Waals surface area contributed by atoms with Crippen molar-refractivity contribution >= 4 is 35.0 Å². The number of carbonyl (C=O) groups is 1. The van der Waals surface area contributed by atoms with Gasteiger partial charge in [0.1, 0.15) is 35.2 Å². The number of carboxylic acid groups (broad SMARTS) is 1. The molecule has 0 amide bonds. The molecule has 1 unspecified atom stereocenters. The molecule has 4 aromatic rings. The van der Waals surface area contributed by atoms with Gasteiger partial charge in [-0.2, -0.15) is 0 Å². The summed E-state index contributed by atoms with van der Waals surface area (Å²) in [5, 5.41) is 26.4. The molecule has 41 heavy (non-hydrogen) atoms. The van der Waals surface area contributed by atoms with E-state index in [0.717, 1.165) is 35.3 Å². The van der Waals surface area contributed by atoms with E-state index in [1.165, 1.54) is 18.3 Å². The lowest BCUT2D eigenvalue weighted by Crippen LogP contribution is -2.46. The zero-order valence-corrected chi connectivity index (χ0v) is 24.0. The van der Waals surface area contributed by atoms with Crippen LogP contribution in [0.25, 0.3) is 11.3 Å². The second kappa shape index (κ2) is 11.0. The van der Waals surface area contributed by atoms with Crippen LogP contribution in [0.2, 0.25) is 10.0 Å². The number of nitrogens with zero attached hydrogens (tertiary/aromatic N) is 3. The van der Waals surface area contributed by atoms with Crippen LogP contribution >= 0.6 is 23.2 Å². The Morgan fingerprint density at radius 2 is 2.00 bits per heavy atom. The maximum absolute atomic E-state index is 11.7. The highest BCUT2D eigenvalue weighted by molar-refractivity contribution is 6.33. The van der Waals surface area contributed by atoms with E-state index in [-0.39, 0.29) is 18.7 Å². The van der Waals surface area contributed by atoms with E-state index in [1.54, 1.807) is 18.2 Å². The molecule has 1 saturated carbocycles. The molecule has 212 valence electrons. The normalized spacial score (nSPS) is 18.9. The van der Waals surface area contributed by atoms with Crippen molar-refractivity contribution in [2.24, 2.45) is 0 Å². The van der Waals surface area contributed by atoms with Gasteiger partial charge in [-0.3, -0.25) is 0 Å². The third-order valence-corrected chi connectivity index (χ3v) is 8.47. The van der Waals surface area contributed by atoms with Crippen molar-refractivity contribution in [3.05, 3.63) is 92.8 Å². The monoisotopic (exact) mass is 593 g/mol. The maximum atomic E-state index is 11.7. The molecule has 0 radical (unpaired) electrons. The number of aryl methyl sites for hydroxylation is 1. The fraction of sp³-hybridized carbons (Fsp3) is 0.323. The van der Waals surface area contributed by atoms with Crippen molar-refractivity contribution in [1.29, 1.82) is 0 Å². The Morgan fingerprint density at radius 3 is 2.73 bits per heavy atom. The Hall–Kier alpha value is -3.59. The summed E-state index contributed by atoms with van der Waals surface area (Å²) in [5.41, 5.74) is 2.90. The van der Waals surface area contributed by atoms with E-state index in [2.05, 4.69) is 10.1 Å². The second-order valence-electron chi connectivity index (χ2n) is 10.8. The minimum Gasteiger partial charge on any atom is -0.489 e. The summed E-state index contributed by atoms with van der Waals surface area (Å²) >= 11 is 13.3. The van der Waals surface area contributed by atoms with Gasteiger partial charge in [0.15, 0.2) is 0 Å². The highest BCUT2D eigenvalue weighted by atomic mass is 35.5. The third kappa shape index (κ3) is 5.52. The lowest BCUT2D eigenvalue weighted by Gasteiger charge is -2.40. The minimum atomic E-state index is -1.24. The summed E-state index contributed by atoms with van der Waals surface area (Å²) < 4.78 is 12.0. The van der Waals surface area contributed by atoms with Crippen molar-refractivity contribution in [2.45, 2.75) is 50.7 Å². The number of benzene rings is 2. The Balaban J connectivity index is 1.22. The maximum Gasteiger partial charge on any atom is 0.335 e. The van der Waals surface area contributed by atoms with Crippen LogP contribution in [0, 0.1) is 6.92 Å². The van der Waals surface area contributed by atoms with Gasteiger partial charge in [0.25, 0.3) is 0 Å². The highest BCUT2D eigenvalue weighted by Crippen LogP contribution is 2.46. The van der Waals surface area contributed by atoms with Gasteiger partial charge in [-0.05, 0) is 68.5 Å². The van der Waals surface area contributed by atoms with E-state index in [0.29, 0.717) is 58.2 Å². The molecule has 1 saturated heterocycles. The highest BCUT2D eigenvalue weighted by Gasteiger charge is 2.38. The van der Waals surface area contributed by atoms with Crippen molar-refractivity contribution in [1.82, 2.24) is 10.1 Å². The van der Waals surface area contributed by atoms with Crippen LogP contribution in [-0.4, -0.2) is 39.4 Å². The Kier molecular flexibility index (Phi) is 7.40. The number of aromatic carboxylic acids is 1. The molecule has 1 atom stereocenters. The first-order chi connectivity index (χ1) is 19.7. The molecule has 2 aliphatic rings. The van der Waals surface area contributed by atoms with Crippen molar-refractivity contribution in [3.8, 4) is 17.0 Å². The second-order valence-corrected chi connectivity index (χ2v) is 11.6. The molecule has 0 spiro atoms. The van der Waals surface area contributed by atoms with Crippen LogP contribution < -0.4 is 9.64 Å². The first-order valence-electron chi connectivity index (χ1n) is 13.6.